The first kappa shape index (κ1) is 13.6. The van der Waals surface area contributed by atoms with Crippen LogP contribution in [0.25, 0.3) is 0 Å². The van der Waals surface area contributed by atoms with Gasteiger partial charge in [0.15, 0.2) is 0 Å². The van der Waals surface area contributed by atoms with Crippen LogP contribution in [0.3, 0.4) is 0 Å². The average Bonchev–Trinajstić information content (AvgIpc) is 3.16. The second-order valence-corrected chi connectivity index (χ2v) is 5.87. The van der Waals surface area contributed by atoms with E-state index in [-0.39, 0.29) is 10.7 Å². The van der Waals surface area contributed by atoms with Crippen LogP contribution < -0.4 is 5.56 Å². The molecule has 2 aromatic heterocycles. The van der Waals surface area contributed by atoms with Gasteiger partial charge in [-0.05, 0) is 19.8 Å². The molecule has 0 radical (unpaired) electrons. The molecule has 0 aliphatic heterocycles. The van der Waals surface area contributed by atoms with Gasteiger partial charge in [0.2, 0.25) is 0 Å². The minimum Gasteiger partial charge on any atom is -0.290 e. The number of halogens is 2. The lowest BCUT2D eigenvalue weighted by Crippen LogP contribution is -2.25. The zero-order valence-corrected chi connectivity index (χ0v) is 12.7. The second kappa shape index (κ2) is 4.90. The molecular weight excluding hydrogens is 299 g/mol. The molecule has 1 aliphatic rings. The van der Waals surface area contributed by atoms with Gasteiger partial charge in [-0.25, -0.2) is 4.98 Å². The van der Waals surface area contributed by atoms with Crippen molar-refractivity contribution in [3.8, 4) is 0 Å². The number of hydrogen-bond donors (Lipinski definition) is 0. The van der Waals surface area contributed by atoms with Crippen molar-refractivity contribution in [2.75, 3.05) is 0 Å². The van der Waals surface area contributed by atoms with Gasteiger partial charge in [0.05, 0.1) is 23.0 Å². The van der Waals surface area contributed by atoms with Crippen LogP contribution in [0.4, 0.5) is 0 Å². The highest BCUT2D eigenvalue weighted by Crippen LogP contribution is 2.39. The van der Waals surface area contributed by atoms with E-state index in [1.165, 1.54) is 6.07 Å². The Kier molecular flexibility index (Phi) is 3.34. The first-order chi connectivity index (χ1) is 9.47. The summed E-state index contributed by atoms with van der Waals surface area (Å²) in [6, 6.07) is 1.34. The Labute approximate surface area is 126 Å². The fraction of sp³-hybridized carbons (Fsp3) is 0.462. The van der Waals surface area contributed by atoms with Crippen LogP contribution in [0.5, 0.6) is 0 Å². The maximum absolute atomic E-state index is 12.2. The van der Waals surface area contributed by atoms with Crippen LogP contribution in [-0.2, 0) is 13.6 Å². The minimum absolute atomic E-state index is 0.151. The van der Waals surface area contributed by atoms with Gasteiger partial charge >= 0.3 is 0 Å². The number of aryl methyl sites for hydroxylation is 2. The van der Waals surface area contributed by atoms with Crippen LogP contribution in [0, 0.1) is 6.92 Å². The molecular formula is C13H14Cl2N4O. The molecule has 2 aromatic rings. The largest absolute Gasteiger partial charge is 0.290 e. The maximum Gasteiger partial charge on any atom is 0.255 e. The third kappa shape index (κ3) is 2.36. The quantitative estimate of drug-likeness (QED) is 0.818. The van der Waals surface area contributed by atoms with E-state index < -0.39 is 0 Å². The van der Waals surface area contributed by atoms with Crippen molar-refractivity contribution >= 4 is 23.2 Å². The van der Waals surface area contributed by atoms with Crippen LogP contribution in [0.15, 0.2) is 10.9 Å². The van der Waals surface area contributed by atoms with Gasteiger partial charge < -0.3 is 0 Å². The molecule has 0 saturated heterocycles. The Bertz CT molecular complexity index is 731. The molecule has 1 aliphatic carbocycles. The molecule has 0 amide bonds. The zero-order valence-electron chi connectivity index (χ0n) is 11.2. The molecule has 3 rings (SSSR count). The first-order valence-electron chi connectivity index (χ1n) is 6.42. The highest BCUT2D eigenvalue weighted by atomic mass is 35.5. The van der Waals surface area contributed by atoms with E-state index in [1.807, 2.05) is 14.0 Å². The molecule has 7 heteroatoms. The predicted molar refractivity (Wildman–Crippen MR) is 77.5 cm³/mol. The Balaban J connectivity index is 2.08. The molecule has 1 fully saturated rings. The van der Waals surface area contributed by atoms with Gasteiger partial charge in [0.25, 0.3) is 5.56 Å². The van der Waals surface area contributed by atoms with Gasteiger partial charge in [-0.1, -0.05) is 23.2 Å². The third-order valence-corrected chi connectivity index (χ3v) is 4.20. The highest BCUT2D eigenvalue weighted by molar-refractivity contribution is 6.31. The third-order valence-electron chi connectivity index (χ3n) is 3.52. The summed E-state index contributed by atoms with van der Waals surface area (Å²) in [5, 5.41) is 5.11. The molecule has 0 aromatic carbocycles. The van der Waals surface area contributed by atoms with Crippen LogP contribution >= 0.6 is 23.2 Å². The van der Waals surface area contributed by atoms with Crippen molar-refractivity contribution in [3.05, 3.63) is 43.8 Å². The van der Waals surface area contributed by atoms with Gasteiger partial charge in [0, 0.05) is 19.0 Å². The normalized spacial score (nSPS) is 14.8. The first-order valence-corrected chi connectivity index (χ1v) is 7.18. The van der Waals surface area contributed by atoms with Crippen LogP contribution in [0.1, 0.15) is 36.0 Å². The molecule has 0 atom stereocenters. The highest BCUT2D eigenvalue weighted by Gasteiger charge is 2.29. The molecule has 0 bridgehead atoms. The summed E-state index contributed by atoms with van der Waals surface area (Å²) in [6.07, 6.45) is 2.09. The van der Waals surface area contributed by atoms with Crippen molar-refractivity contribution in [1.29, 1.82) is 0 Å². The lowest BCUT2D eigenvalue weighted by molar-refractivity contribution is 0.614. The number of hydrogen-bond acceptors (Lipinski definition) is 3. The molecule has 20 heavy (non-hydrogen) atoms. The minimum atomic E-state index is -0.151. The van der Waals surface area contributed by atoms with Crippen molar-refractivity contribution in [2.45, 2.75) is 32.2 Å². The average molecular weight is 313 g/mol. The molecule has 2 heterocycles. The number of nitrogens with zero attached hydrogens (tertiary/aromatic N) is 4. The van der Waals surface area contributed by atoms with E-state index in [2.05, 4.69) is 10.1 Å². The Morgan fingerprint density at radius 2 is 2.10 bits per heavy atom. The summed E-state index contributed by atoms with van der Waals surface area (Å²) in [4.78, 5) is 16.5. The maximum atomic E-state index is 12.2. The molecule has 0 unspecified atom stereocenters. The Hall–Kier alpha value is -1.33. The smallest absolute Gasteiger partial charge is 0.255 e. The summed E-state index contributed by atoms with van der Waals surface area (Å²) < 4.78 is 3.35. The molecule has 5 nitrogen and oxygen atoms in total. The topological polar surface area (TPSA) is 52.7 Å². The lowest BCUT2D eigenvalue weighted by atomic mass is 10.3. The molecule has 1 saturated carbocycles. The number of aromatic nitrogens is 4. The van der Waals surface area contributed by atoms with E-state index in [4.69, 9.17) is 23.2 Å². The van der Waals surface area contributed by atoms with Crippen LogP contribution in [0.2, 0.25) is 10.2 Å². The predicted octanol–water partition coefficient (Wildman–Crippen LogP) is 2.52. The second-order valence-electron chi connectivity index (χ2n) is 5.11. The van der Waals surface area contributed by atoms with Crippen molar-refractivity contribution in [2.24, 2.45) is 7.05 Å². The lowest BCUT2D eigenvalue weighted by Gasteiger charge is -2.12. The summed E-state index contributed by atoms with van der Waals surface area (Å²) >= 11 is 12.1. The zero-order chi connectivity index (χ0) is 14.4. The van der Waals surface area contributed by atoms with Gasteiger partial charge in [-0.15, -0.1) is 0 Å². The SMILES string of the molecule is Cc1nn(C)c(Cn2c(C3CC3)nc(Cl)cc2=O)c1Cl. The summed E-state index contributed by atoms with van der Waals surface area (Å²) in [6.45, 7) is 2.21. The van der Waals surface area contributed by atoms with Crippen molar-refractivity contribution in [1.82, 2.24) is 19.3 Å². The van der Waals surface area contributed by atoms with Crippen molar-refractivity contribution in [3.63, 3.8) is 0 Å². The summed E-state index contributed by atoms with van der Waals surface area (Å²) in [5.74, 6) is 1.08. The fourth-order valence-corrected chi connectivity index (χ4v) is 2.71. The van der Waals surface area contributed by atoms with Gasteiger partial charge in [0.1, 0.15) is 11.0 Å². The Morgan fingerprint density at radius 1 is 1.40 bits per heavy atom. The van der Waals surface area contributed by atoms with Crippen LogP contribution in [-0.4, -0.2) is 19.3 Å². The summed E-state index contributed by atoms with van der Waals surface area (Å²) in [7, 11) is 1.82. The van der Waals surface area contributed by atoms with E-state index in [0.717, 1.165) is 30.1 Å². The Morgan fingerprint density at radius 3 is 2.65 bits per heavy atom. The van der Waals surface area contributed by atoms with E-state index >= 15 is 0 Å². The van der Waals surface area contributed by atoms with Crippen molar-refractivity contribution < 1.29 is 0 Å². The van der Waals surface area contributed by atoms with E-state index in [0.29, 0.717) is 17.5 Å². The molecule has 0 spiro atoms. The number of rotatable bonds is 3. The monoisotopic (exact) mass is 312 g/mol. The summed E-state index contributed by atoms with van der Waals surface area (Å²) in [5.41, 5.74) is 1.41. The van der Waals surface area contributed by atoms with Gasteiger partial charge in [-0.2, -0.15) is 5.10 Å². The standard InChI is InChI=1S/C13H14Cl2N4O/c1-7-12(15)9(18(2)17-7)6-19-11(20)5-10(14)16-13(19)8-3-4-8/h5,8H,3-4,6H2,1-2H3. The fourth-order valence-electron chi connectivity index (χ4n) is 2.31. The van der Waals surface area contributed by atoms with E-state index in [1.54, 1.807) is 9.25 Å². The molecule has 106 valence electrons. The van der Waals surface area contributed by atoms with Gasteiger partial charge in [-0.3, -0.25) is 14.0 Å². The van der Waals surface area contributed by atoms with E-state index in [9.17, 15) is 4.79 Å². The molecule has 0 N–H and O–H groups in total.